The summed E-state index contributed by atoms with van der Waals surface area (Å²) in [4.78, 5) is 35.4. The summed E-state index contributed by atoms with van der Waals surface area (Å²) in [5, 5.41) is 6.76. The highest BCUT2D eigenvalue weighted by Gasteiger charge is 2.22. The van der Waals surface area contributed by atoms with E-state index in [-0.39, 0.29) is 6.04 Å². The molecule has 0 bridgehead atoms. The number of nitrogens with zero attached hydrogens (tertiary/aromatic N) is 6. The molecule has 6 heterocycles. The van der Waals surface area contributed by atoms with Crippen molar-refractivity contribution in [1.29, 1.82) is 0 Å². The third-order valence-electron chi connectivity index (χ3n) is 7.62. The third-order valence-corrected chi connectivity index (χ3v) is 10.5. The molecular weight excluding hydrogens is 609 g/mol. The minimum absolute atomic E-state index is 0.132. The van der Waals surface area contributed by atoms with Crippen molar-refractivity contribution in [2.45, 2.75) is 60.6 Å². The Morgan fingerprint density at radius 2 is 1.75 bits per heavy atom. The van der Waals surface area contributed by atoms with E-state index in [9.17, 15) is 0 Å². The van der Waals surface area contributed by atoms with Crippen LogP contribution in [0.5, 0.6) is 0 Å². The number of benzene rings is 1. The normalized spacial score (nSPS) is 12.5. The van der Waals surface area contributed by atoms with Crippen LogP contribution >= 0.6 is 34.9 Å². The van der Waals surface area contributed by atoms with Crippen LogP contribution in [0.4, 0.5) is 11.6 Å². The minimum atomic E-state index is -0.132. The maximum Gasteiger partial charge on any atom is 0.198 e. The molecule has 0 aliphatic heterocycles. The number of nitrogens with one attached hydrogen (secondary N) is 3. The van der Waals surface area contributed by atoms with Gasteiger partial charge in [-0.1, -0.05) is 36.9 Å². The Hall–Kier alpha value is -4.20. The van der Waals surface area contributed by atoms with Crippen LogP contribution in [0.15, 0.2) is 63.4 Å². The topological polar surface area (TPSA) is 147 Å². The molecule has 0 aliphatic rings. The second-order valence-corrected chi connectivity index (χ2v) is 13.7. The van der Waals surface area contributed by atoms with Crippen molar-refractivity contribution in [2.24, 2.45) is 0 Å². The summed E-state index contributed by atoms with van der Waals surface area (Å²) < 4.78 is 2.04. The number of rotatable bonds is 9. The average Bonchev–Trinajstić information content (AvgIpc) is 3.69. The number of thiazole rings is 1. The molecule has 0 saturated heterocycles. The number of thioether (sulfide) groups is 1. The summed E-state index contributed by atoms with van der Waals surface area (Å²) in [5.41, 5.74) is 14.4. The molecule has 0 spiro atoms. The van der Waals surface area contributed by atoms with Gasteiger partial charge in [0.15, 0.2) is 14.7 Å². The molecule has 1 aromatic carbocycles. The molecular formula is C31H30N10S3. The van der Waals surface area contributed by atoms with Gasteiger partial charge in [-0.2, -0.15) is 0 Å². The van der Waals surface area contributed by atoms with E-state index >= 15 is 0 Å². The number of nitrogen functional groups attached to an aromatic ring is 1. The lowest BCUT2D eigenvalue weighted by Gasteiger charge is -2.16. The SMILES string of the molecule is CCc1[nH]c2nc(Sc3nc4ccccc4s3)nc(NC(C)c3[nH]c4nc(SCc5cccnc5)nc(N)c4c3C)c2c1C. The molecule has 222 valence electrons. The van der Waals surface area contributed by atoms with Crippen molar-refractivity contribution in [1.82, 2.24) is 39.9 Å². The fraction of sp³-hybridized carbons (Fsp3) is 0.226. The van der Waals surface area contributed by atoms with Crippen LogP contribution in [-0.4, -0.2) is 39.9 Å². The quantitative estimate of drug-likeness (QED) is 0.0920. The van der Waals surface area contributed by atoms with Gasteiger partial charge < -0.3 is 21.0 Å². The van der Waals surface area contributed by atoms with Gasteiger partial charge in [0.2, 0.25) is 0 Å². The molecule has 0 radical (unpaired) electrons. The highest BCUT2D eigenvalue weighted by molar-refractivity contribution is 8.01. The number of pyridine rings is 1. The number of hydrogen-bond donors (Lipinski definition) is 4. The molecule has 0 saturated carbocycles. The number of nitrogens with two attached hydrogens (primary N) is 1. The summed E-state index contributed by atoms with van der Waals surface area (Å²) in [6.07, 6.45) is 4.49. The zero-order chi connectivity index (χ0) is 30.4. The average molecular weight is 639 g/mol. The Morgan fingerprint density at radius 1 is 0.932 bits per heavy atom. The van der Waals surface area contributed by atoms with Crippen molar-refractivity contribution in [3.63, 3.8) is 0 Å². The highest BCUT2D eigenvalue weighted by Crippen LogP contribution is 2.37. The number of para-hydroxylation sites is 1. The first-order valence-corrected chi connectivity index (χ1v) is 16.9. The van der Waals surface area contributed by atoms with E-state index in [0.29, 0.717) is 21.9 Å². The number of aryl methyl sites for hydroxylation is 3. The Kier molecular flexibility index (Phi) is 7.60. The lowest BCUT2D eigenvalue weighted by atomic mass is 10.1. The highest BCUT2D eigenvalue weighted by atomic mass is 32.2. The molecule has 10 nitrogen and oxygen atoms in total. The maximum absolute atomic E-state index is 6.48. The molecule has 13 heteroatoms. The number of hydrogen-bond acceptors (Lipinski definition) is 11. The Morgan fingerprint density at radius 3 is 2.55 bits per heavy atom. The van der Waals surface area contributed by atoms with Gasteiger partial charge in [-0.15, -0.1) is 11.3 Å². The number of anilines is 2. The Labute approximate surface area is 266 Å². The van der Waals surface area contributed by atoms with Crippen molar-refractivity contribution < 1.29 is 0 Å². The smallest absolute Gasteiger partial charge is 0.198 e. The molecule has 7 aromatic rings. The molecule has 5 N–H and O–H groups in total. The number of fused-ring (bicyclic) bond motifs is 3. The molecule has 0 fully saturated rings. The Bertz CT molecular complexity index is 2100. The van der Waals surface area contributed by atoms with E-state index in [1.807, 2.05) is 36.5 Å². The van der Waals surface area contributed by atoms with Crippen molar-refractivity contribution in [2.75, 3.05) is 11.1 Å². The molecule has 0 amide bonds. The van der Waals surface area contributed by atoms with Crippen molar-refractivity contribution in [3.8, 4) is 0 Å². The van der Waals surface area contributed by atoms with Gasteiger partial charge >= 0.3 is 0 Å². The van der Waals surface area contributed by atoms with Gasteiger partial charge in [0.1, 0.15) is 22.9 Å². The fourth-order valence-electron chi connectivity index (χ4n) is 5.43. The second kappa shape index (κ2) is 11.7. The molecule has 1 atom stereocenters. The van der Waals surface area contributed by atoms with E-state index in [1.54, 1.807) is 17.5 Å². The van der Waals surface area contributed by atoms with Gasteiger partial charge in [-0.25, -0.2) is 24.9 Å². The summed E-state index contributed by atoms with van der Waals surface area (Å²) in [5.74, 6) is 1.94. The van der Waals surface area contributed by atoms with Crippen LogP contribution in [0.2, 0.25) is 0 Å². The lowest BCUT2D eigenvalue weighted by molar-refractivity contribution is 0.828. The summed E-state index contributed by atoms with van der Waals surface area (Å²) in [6, 6.07) is 12.0. The summed E-state index contributed by atoms with van der Waals surface area (Å²) >= 11 is 4.65. The van der Waals surface area contributed by atoms with Crippen LogP contribution in [0, 0.1) is 13.8 Å². The van der Waals surface area contributed by atoms with Crippen LogP contribution in [0.1, 0.15) is 48.0 Å². The molecule has 0 aliphatic carbocycles. The van der Waals surface area contributed by atoms with E-state index < -0.39 is 0 Å². The van der Waals surface area contributed by atoms with E-state index in [4.69, 9.17) is 25.7 Å². The lowest BCUT2D eigenvalue weighted by Crippen LogP contribution is -2.11. The predicted molar refractivity (Wildman–Crippen MR) is 181 cm³/mol. The first-order valence-electron chi connectivity index (χ1n) is 14.2. The van der Waals surface area contributed by atoms with Crippen molar-refractivity contribution >= 4 is 78.8 Å². The van der Waals surface area contributed by atoms with Gasteiger partial charge in [0, 0.05) is 29.5 Å². The van der Waals surface area contributed by atoms with Crippen LogP contribution in [0.3, 0.4) is 0 Å². The van der Waals surface area contributed by atoms with Gasteiger partial charge in [-0.05, 0) is 73.8 Å². The van der Waals surface area contributed by atoms with Crippen molar-refractivity contribution in [3.05, 3.63) is 76.9 Å². The van der Waals surface area contributed by atoms with Gasteiger partial charge in [0.25, 0.3) is 0 Å². The first-order chi connectivity index (χ1) is 21.4. The minimum Gasteiger partial charge on any atom is -0.383 e. The summed E-state index contributed by atoms with van der Waals surface area (Å²) in [6.45, 7) is 8.41. The molecule has 7 rings (SSSR count). The van der Waals surface area contributed by atoms with Crippen LogP contribution in [0.25, 0.3) is 32.3 Å². The fourth-order valence-corrected chi connectivity index (χ4v) is 8.14. The molecule has 1 unspecified atom stereocenters. The standard InChI is InChI=1S/C31H30N10S3/c1-5-19-15(2)23-27(40-30(41-28(23)35-19)44-31-36-20-10-6-7-11-21(20)43-31)34-17(4)24-16(3)22-25(32)38-29(39-26(22)37-24)42-14-18-9-8-12-33-13-18/h6-13,17H,5,14H2,1-4H3,(H3,32,37,38,39)(H2,34,35,40,41). The zero-order valence-corrected chi connectivity index (χ0v) is 27.0. The van der Waals surface area contributed by atoms with E-state index in [2.05, 4.69) is 59.0 Å². The molecule has 6 aromatic heterocycles. The Balaban J connectivity index is 1.21. The number of H-pyrrole nitrogens is 2. The third kappa shape index (κ3) is 5.35. The predicted octanol–water partition coefficient (Wildman–Crippen LogP) is 7.61. The summed E-state index contributed by atoms with van der Waals surface area (Å²) in [7, 11) is 0. The number of aromatic nitrogens is 8. The number of aromatic amines is 2. The van der Waals surface area contributed by atoms with Gasteiger partial charge in [-0.3, -0.25) is 4.98 Å². The maximum atomic E-state index is 6.48. The zero-order valence-electron chi connectivity index (χ0n) is 24.6. The van der Waals surface area contributed by atoms with Crippen LogP contribution in [-0.2, 0) is 12.2 Å². The largest absolute Gasteiger partial charge is 0.383 e. The first kappa shape index (κ1) is 28.6. The monoisotopic (exact) mass is 638 g/mol. The van der Waals surface area contributed by atoms with Gasteiger partial charge in [0.05, 0.1) is 27.0 Å². The van der Waals surface area contributed by atoms with E-state index in [0.717, 1.165) is 76.9 Å². The second-order valence-electron chi connectivity index (χ2n) is 10.5. The van der Waals surface area contributed by atoms with E-state index in [1.165, 1.54) is 23.5 Å². The molecule has 44 heavy (non-hydrogen) atoms. The van der Waals surface area contributed by atoms with Crippen LogP contribution < -0.4 is 11.1 Å².